The first-order chi connectivity index (χ1) is 14.6. The highest BCUT2D eigenvalue weighted by atomic mass is 19.1. The van der Waals surface area contributed by atoms with E-state index in [4.69, 9.17) is 0 Å². The average Bonchev–Trinajstić information content (AvgIpc) is 3.07. The van der Waals surface area contributed by atoms with Gasteiger partial charge in [0.1, 0.15) is 11.5 Å². The van der Waals surface area contributed by atoms with Crippen LogP contribution in [0.1, 0.15) is 54.4 Å². The van der Waals surface area contributed by atoms with Gasteiger partial charge >= 0.3 is 0 Å². The number of aromatic nitrogens is 2. The van der Waals surface area contributed by atoms with Crippen LogP contribution in [0.5, 0.6) is 0 Å². The number of hydrogen-bond donors (Lipinski definition) is 1. The SMILES string of the molecule is O=C(NC12CC3CC(CC(C3)C1)C2)c1cn(Cc2ccc(F)cc2)c2ncccc12. The second-order valence-electron chi connectivity index (χ2n) is 9.82. The molecule has 7 rings (SSSR count). The first kappa shape index (κ1) is 18.1. The van der Waals surface area contributed by atoms with Crippen LogP contribution in [-0.4, -0.2) is 21.0 Å². The largest absolute Gasteiger partial charge is 0.347 e. The predicted molar refractivity (Wildman–Crippen MR) is 114 cm³/mol. The number of benzene rings is 1. The Kier molecular flexibility index (Phi) is 4.02. The van der Waals surface area contributed by atoms with Crippen molar-refractivity contribution in [3.63, 3.8) is 0 Å². The minimum Gasteiger partial charge on any atom is -0.347 e. The lowest BCUT2D eigenvalue weighted by Crippen LogP contribution is -2.59. The molecule has 0 saturated heterocycles. The summed E-state index contributed by atoms with van der Waals surface area (Å²) < 4.78 is 15.3. The van der Waals surface area contributed by atoms with Gasteiger partial charge in [0.05, 0.1) is 5.56 Å². The van der Waals surface area contributed by atoms with E-state index in [9.17, 15) is 9.18 Å². The van der Waals surface area contributed by atoms with Gasteiger partial charge in [-0.3, -0.25) is 4.79 Å². The summed E-state index contributed by atoms with van der Waals surface area (Å²) >= 11 is 0. The Morgan fingerprint density at radius 1 is 1.07 bits per heavy atom. The van der Waals surface area contributed by atoms with Gasteiger partial charge in [0.2, 0.25) is 0 Å². The van der Waals surface area contributed by atoms with Crippen LogP contribution in [0, 0.1) is 23.6 Å². The lowest BCUT2D eigenvalue weighted by Gasteiger charge is -2.56. The van der Waals surface area contributed by atoms with Crippen molar-refractivity contribution in [2.24, 2.45) is 17.8 Å². The number of nitrogens with zero attached hydrogens (tertiary/aromatic N) is 2. The minimum absolute atomic E-state index is 0.0145. The first-order valence-electron chi connectivity index (χ1n) is 11.1. The number of fused-ring (bicyclic) bond motifs is 1. The normalized spacial score (nSPS) is 29.4. The minimum atomic E-state index is -0.245. The zero-order valence-corrected chi connectivity index (χ0v) is 17.0. The molecule has 4 nitrogen and oxygen atoms in total. The van der Waals surface area contributed by atoms with Crippen LogP contribution in [-0.2, 0) is 6.54 Å². The van der Waals surface area contributed by atoms with Gasteiger partial charge in [-0.25, -0.2) is 9.37 Å². The fourth-order valence-electron chi connectivity index (χ4n) is 6.78. The molecule has 4 aliphatic rings. The van der Waals surface area contributed by atoms with Crippen molar-refractivity contribution in [1.29, 1.82) is 0 Å². The number of pyridine rings is 1. The number of rotatable bonds is 4. The molecular formula is C25H26FN3O. The molecule has 2 heterocycles. The molecule has 5 heteroatoms. The summed E-state index contributed by atoms with van der Waals surface area (Å²) in [6, 6.07) is 10.3. The maximum absolute atomic E-state index is 13.5. The number of amides is 1. The highest BCUT2D eigenvalue weighted by Gasteiger charge is 2.51. The summed E-state index contributed by atoms with van der Waals surface area (Å²) in [5.74, 6) is 2.15. The van der Waals surface area contributed by atoms with Crippen LogP contribution < -0.4 is 5.32 Å². The van der Waals surface area contributed by atoms with Crippen molar-refractivity contribution in [2.45, 2.75) is 50.6 Å². The van der Waals surface area contributed by atoms with Crippen molar-refractivity contribution in [3.05, 3.63) is 65.7 Å². The number of carbonyl (C=O) groups is 1. The van der Waals surface area contributed by atoms with Crippen LogP contribution in [0.4, 0.5) is 4.39 Å². The van der Waals surface area contributed by atoms with E-state index < -0.39 is 0 Å². The molecule has 1 N–H and O–H groups in total. The Morgan fingerprint density at radius 3 is 2.40 bits per heavy atom. The third kappa shape index (κ3) is 3.03. The fraction of sp³-hybridized carbons (Fsp3) is 0.440. The third-order valence-corrected chi connectivity index (χ3v) is 7.56. The fourth-order valence-corrected chi connectivity index (χ4v) is 6.78. The second-order valence-corrected chi connectivity index (χ2v) is 9.82. The summed E-state index contributed by atoms with van der Waals surface area (Å²) in [7, 11) is 0. The van der Waals surface area contributed by atoms with E-state index in [0.29, 0.717) is 12.1 Å². The molecule has 0 unspecified atom stereocenters. The number of hydrogen-bond acceptors (Lipinski definition) is 2. The van der Waals surface area contributed by atoms with Gasteiger partial charge in [0.25, 0.3) is 5.91 Å². The van der Waals surface area contributed by atoms with Crippen molar-refractivity contribution in [2.75, 3.05) is 0 Å². The van der Waals surface area contributed by atoms with Gasteiger partial charge in [0, 0.05) is 29.9 Å². The van der Waals surface area contributed by atoms with E-state index in [2.05, 4.69) is 10.3 Å². The van der Waals surface area contributed by atoms with Crippen molar-refractivity contribution >= 4 is 16.9 Å². The van der Waals surface area contributed by atoms with Crippen LogP contribution in [0.3, 0.4) is 0 Å². The Morgan fingerprint density at radius 2 is 1.73 bits per heavy atom. The molecule has 154 valence electrons. The molecule has 0 aliphatic heterocycles. The molecule has 4 bridgehead atoms. The topological polar surface area (TPSA) is 46.9 Å². The highest BCUT2D eigenvalue weighted by Crippen LogP contribution is 2.55. The molecular weight excluding hydrogens is 377 g/mol. The number of carbonyl (C=O) groups excluding carboxylic acids is 1. The Balaban J connectivity index is 1.31. The Bertz CT molecular complexity index is 1080. The highest BCUT2D eigenvalue weighted by molar-refractivity contribution is 6.06. The molecule has 1 aromatic carbocycles. The molecule has 2 aromatic heterocycles. The van der Waals surface area contributed by atoms with Gasteiger partial charge in [-0.05, 0) is 86.1 Å². The molecule has 30 heavy (non-hydrogen) atoms. The van der Waals surface area contributed by atoms with Gasteiger partial charge in [-0.15, -0.1) is 0 Å². The smallest absolute Gasteiger partial charge is 0.253 e. The Labute approximate surface area is 175 Å². The summed E-state index contributed by atoms with van der Waals surface area (Å²) in [5, 5.41) is 4.36. The van der Waals surface area contributed by atoms with Gasteiger partial charge < -0.3 is 9.88 Å². The summed E-state index contributed by atoms with van der Waals surface area (Å²) in [4.78, 5) is 18.0. The summed E-state index contributed by atoms with van der Waals surface area (Å²) in [6.45, 7) is 0.554. The maximum Gasteiger partial charge on any atom is 0.253 e. The average molecular weight is 404 g/mol. The molecule has 0 radical (unpaired) electrons. The van der Waals surface area contributed by atoms with E-state index in [-0.39, 0.29) is 17.3 Å². The monoisotopic (exact) mass is 403 g/mol. The molecule has 3 aromatic rings. The van der Waals surface area contributed by atoms with Gasteiger partial charge in [-0.1, -0.05) is 12.1 Å². The van der Waals surface area contributed by atoms with Crippen LogP contribution >= 0.6 is 0 Å². The lowest BCUT2D eigenvalue weighted by atomic mass is 9.53. The summed E-state index contributed by atoms with van der Waals surface area (Å²) in [6.07, 6.45) is 11.1. The maximum atomic E-state index is 13.5. The van der Waals surface area contributed by atoms with Crippen LogP contribution in [0.25, 0.3) is 11.0 Å². The van der Waals surface area contributed by atoms with E-state index in [1.807, 2.05) is 22.9 Å². The van der Waals surface area contributed by atoms with Gasteiger partial charge in [0.15, 0.2) is 0 Å². The molecule has 1 amide bonds. The summed E-state index contributed by atoms with van der Waals surface area (Å²) in [5.41, 5.74) is 2.44. The van der Waals surface area contributed by atoms with Crippen molar-refractivity contribution < 1.29 is 9.18 Å². The molecule has 4 aliphatic carbocycles. The zero-order chi connectivity index (χ0) is 20.3. The molecule has 0 atom stereocenters. The first-order valence-corrected chi connectivity index (χ1v) is 11.1. The molecule has 0 spiro atoms. The van der Waals surface area contributed by atoms with Crippen molar-refractivity contribution in [1.82, 2.24) is 14.9 Å². The van der Waals surface area contributed by atoms with E-state index in [1.54, 1.807) is 18.3 Å². The van der Waals surface area contributed by atoms with E-state index >= 15 is 0 Å². The van der Waals surface area contributed by atoms with Crippen molar-refractivity contribution in [3.8, 4) is 0 Å². The quantitative estimate of drug-likeness (QED) is 0.672. The van der Waals surface area contributed by atoms with Gasteiger partial charge in [-0.2, -0.15) is 0 Å². The molecule has 4 fully saturated rings. The number of nitrogens with one attached hydrogen (secondary N) is 1. The number of halogens is 1. The van der Waals surface area contributed by atoms with E-state index in [1.165, 1.54) is 31.4 Å². The van der Waals surface area contributed by atoms with Crippen LogP contribution in [0.15, 0.2) is 48.8 Å². The van der Waals surface area contributed by atoms with E-state index in [0.717, 1.165) is 53.6 Å². The molecule has 4 saturated carbocycles. The zero-order valence-electron chi connectivity index (χ0n) is 17.0. The predicted octanol–water partition coefficient (Wildman–Crippen LogP) is 4.92. The van der Waals surface area contributed by atoms with Crippen LogP contribution in [0.2, 0.25) is 0 Å². The lowest BCUT2D eigenvalue weighted by molar-refractivity contribution is -0.0166. The third-order valence-electron chi connectivity index (χ3n) is 7.56. The second kappa shape index (κ2) is 6.66. The standard InChI is InChI=1S/C25H26FN3O/c26-20-5-3-16(4-6-20)14-29-15-22(21-2-1-7-27-23(21)29)24(30)28-25-11-17-8-18(12-25)10-19(9-17)13-25/h1-7,15,17-19H,8-14H2,(H,28,30). The Hall–Kier alpha value is -2.69.